The number of carbonyl (C=O) groups is 1. The second-order valence-electron chi connectivity index (χ2n) is 6.30. The van der Waals surface area contributed by atoms with E-state index in [9.17, 15) is 4.79 Å². The van der Waals surface area contributed by atoms with Gasteiger partial charge in [-0.3, -0.25) is 4.79 Å². The molecule has 0 spiro atoms. The van der Waals surface area contributed by atoms with Crippen molar-refractivity contribution in [3.8, 4) is 5.69 Å². The zero-order valence-electron chi connectivity index (χ0n) is 15.1. The van der Waals surface area contributed by atoms with Crippen LogP contribution in [0.2, 0.25) is 0 Å². The van der Waals surface area contributed by atoms with Crippen molar-refractivity contribution in [1.82, 2.24) is 15.1 Å². The molecule has 0 unspecified atom stereocenters. The first-order valence-electron chi connectivity index (χ1n) is 8.76. The van der Waals surface area contributed by atoms with Crippen molar-refractivity contribution in [2.45, 2.75) is 30.4 Å². The van der Waals surface area contributed by atoms with Gasteiger partial charge in [0.15, 0.2) is 0 Å². The second-order valence-corrected chi connectivity index (χ2v) is 7.92. The number of carbonyl (C=O) groups excluding carboxylic acids is 1. The zero-order valence-corrected chi connectivity index (χ0v) is 15.9. The zero-order chi connectivity index (χ0) is 18.4. The summed E-state index contributed by atoms with van der Waals surface area (Å²) in [6.07, 6.45) is 4.60. The molecule has 3 rings (SSSR count). The van der Waals surface area contributed by atoms with E-state index in [1.807, 2.05) is 71.7 Å². The van der Waals surface area contributed by atoms with Crippen LogP contribution in [0.3, 0.4) is 0 Å². The fourth-order valence-electron chi connectivity index (χ4n) is 2.64. The van der Waals surface area contributed by atoms with Gasteiger partial charge < -0.3 is 5.32 Å². The molecule has 0 saturated carbocycles. The Morgan fingerprint density at radius 2 is 1.85 bits per heavy atom. The van der Waals surface area contributed by atoms with Gasteiger partial charge in [0.05, 0.1) is 17.4 Å². The van der Waals surface area contributed by atoms with Gasteiger partial charge in [0, 0.05) is 22.9 Å². The Bertz CT molecular complexity index is 858. The fourth-order valence-corrected chi connectivity index (χ4v) is 3.59. The number of thioether (sulfide) groups is 1. The maximum Gasteiger partial charge on any atom is 0.252 e. The highest BCUT2D eigenvalue weighted by atomic mass is 32.2. The third kappa shape index (κ3) is 4.76. The van der Waals surface area contributed by atoms with Crippen LogP contribution in [0.5, 0.6) is 0 Å². The molecule has 0 saturated heterocycles. The molecule has 3 aromatic rings. The Balaban J connectivity index is 1.57. The molecule has 134 valence electrons. The summed E-state index contributed by atoms with van der Waals surface area (Å²) in [7, 11) is 0. The number of para-hydroxylation sites is 1. The lowest BCUT2D eigenvalue weighted by molar-refractivity contribution is 0.0951. The van der Waals surface area contributed by atoms with Gasteiger partial charge in [-0.15, -0.1) is 11.8 Å². The Kier molecular flexibility index (Phi) is 6.12. The second kappa shape index (κ2) is 8.72. The van der Waals surface area contributed by atoms with Gasteiger partial charge in [0.1, 0.15) is 0 Å². The van der Waals surface area contributed by atoms with Crippen molar-refractivity contribution in [2.75, 3.05) is 6.54 Å². The highest BCUT2D eigenvalue weighted by molar-refractivity contribution is 8.00. The Hall–Kier alpha value is -2.53. The highest BCUT2D eigenvalue weighted by Crippen LogP contribution is 2.26. The molecule has 1 aromatic heterocycles. The van der Waals surface area contributed by atoms with Crippen LogP contribution >= 0.6 is 11.8 Å². The molecule has 2 aromatic carbocycles. The van der Waals surface area contributed by atoms with E-state index >= 15 is 0 Å². The Morgan fingerprint density at radius 3 is 2.62 bits per heavy atom. The third-order valence-corrected chi connectivity index (χ3v) is 4.93. The molecule has 1 amide bonds. The molecule has 0 atom stereocenters. The average Bonchev–Trinajstić information content (AvgIpc) is 3.11. The minimum absolute atomic E-state index is 0.0239. The number of hydrogen-bond donors (Lipinski definition) is 1. The van der Waals surface area contributed by atoms with Crippen LogP contribution in [0.15, 0.2) is 71.9 Å². The quantitative estimate of drug-likeness (QED) is 0.633. The van der Waals surface area contributed by atoms with Gasteiger partial charge in [-0.05, 0) is 36.2 Å². The summed E-state index contributed by atoms with van der Waals surface area (Å²) >= 11 is 1.71. The molecule has 4 nitrogen and oxygen atoms in total. The van der Waals surface area contributed by atoms with Gasteiger partial charge in [0.25, 0.3) is 5.91 Å². The van der Waals surface area contributed by atoms with Gasteiger partial charge in [-0.2, -0.15) is 5.10 Å². The van der Waals surface area contributed by atoms with E-state index in [1.54, 1.807) is 11.8 Å². The number of benzene rings is 2. The highest BCUT2D eigenvalue weighted by Gasteiger charge is 2.12. The van der Waals surface area contributed by atoms with Crippen molar-refractivity contribution in [3.05, 3.63) is 78.1 Å². The molecule has 0 aliphatic heterocycles. The lowest BCUT2D eigenvalue weighted by atomic mass is 10.2. The molecule has 0 bridgehead atoms. The summed E-state index contributed by atoms with van der Waals surface area (Å²) in [5.74, 6) is -0.0239. The standard InChI is InChI=1S/C21H23N3OS/c1-16(2)26-20-11-7-6-10-19(20)21(25)22-13-12-17-14-23-24(15-17)18-8-4-3-5-9-18/h3-11,14-16H,12-13H2,1-2H3,(H,22,25). The number of rotatable bonds is 7. The first kappa shape index (κ1) is 18.3. The summed E-state index contributed by atoms with van der Waals surface area (Å²) in [6, 6.07) is 17.8. The number of aromatic nitrogens is 2. The van der Waals surface area contributed by atoms with Crippen molar-refractivity contribution >= 4 is 17.7 Å². The van der Waals surface area contributed by atoms with Crippen LogP contribution in [-0.2, 0) is 6.42 Å². The minimum Gasteiger partial charge on any atom is -0.352 e. The average molecular weight is 366 g/mol. The van der Waals surface area contributed by atoms with Crippen molar-refractivity contribution in [3.63, 3.8) is 0 Å². The van der Waals surface area contributed by atoms with Crippen molar-refractivity contribution in [1.29, 1.82) is 0 Å². The fraction of sp³-hybridized carbons (Fsp3) is 0.238. The normalized spacial score (nSPS) is 10.9. The molecule has 1 heterocycles. The summed E-state index contributed by atoms with van der Waals surface area (Å²) < 4.78 is 1.85. The number of hydrogen-bond acceptors (Lipinski definition) is 3. The molecule has 0 radical (unpaired) electrons. The van der Waals surface area contributed by atoms with Crippen LogP contribution in [0, 0.1) is 0 Å². The maximum atomic E-state index is 12.5. The molecule has 0 aliphatic carbocycles. The van der Waals surface area contributed by atoms with E-state index in [1.165, 1.54) is 0 Å². The molecule has 1 N–H and O–H groups in total. The third-order valence-electron chi connectivity index (χ3n) is 3.85. The SMILES string of the molecule is CC(C)Sc1ccccc1C(=O)NCCc1cnn(-c2ccccc2)c1. The van der Waals surface area contributed by atoms with Crippen LogP contribution < -0.4 is 5.32 Å². The number of nitrogens with one attached hydrogen (secondary N) is 1. The molecule has 0 aliphatic rings. The Labute approximate surface area is 158 Å². The molecular formula is C21H23N3OS. The topological polar surface area (TPSA) is 46.9 Å². The van der Waals surface area contributed by atoms with Crippen molar-refractivity contribution in [2.24, 2.45) is 0 Å². The van der Waals surface area contributed by atoms with Crippen LogP contribution in [0.4, 0.5) is 0 Å². The van der Waals surface area contributed by atoms with Crippen LogP contribution in [0.25, 0.3) is 5.69 Å². The predicted molar refractivity (Wildman–Crippen MR) is 107 cm³/mol. The number of nitrogens with zero attached hydrogens (tertiary/aromatic N) is 2. The predicted octanol–water partition coefficient (Wildman–Crippen LogP) is 4.35. The van der Waals surface area contributed by atoms with Gasteiger partial charge in [-0.1, -0.05) is 44.2 Å². The summed E-state index contributed by atoms with van der Waals surface area (Å²) in [5, 5.41) is 7.85. The molecule has 5 heteroatoms. The lowest BCUT2D eigenvalue weighted by Crippen LogP contribution is -2.26. The molecule has 0 fully saturated rings. The smallest absolute Gasteiger partial charge is 0.252 e. The maximum absolute atomic E-state index is 12.5. The summed E-state index contributed by atoms with van der Waals surface area (Å²) in [5.41, 5.74) is 2.87. The van der Waals surface area contributed by atoms with E-state index in [-0.39, 0.29) is 5.91 Å². The van der Waals surface area contributed by atoms with Gasteiger partial charge >= 0.3 is 0 Å². The van der Waals surface area contributed by atoms with E-state index < -0.39 is 0 Å². The van der Waals surface area contributed by atoms with Crippen LogP contribution in [-0.4, -0.2) is 27.5 Å². The first-order chi connectivity index (χ1) is 12.6. The first-order valence-corrected chi connectivity index (χ1v) is 9.64. The summed E-state index contributed by atoms with van der Waals surface area (Å²) in [4.78, 5) is 13.5. The minimum atomic E-state index is -0.0239. The van der Waals surface area contributed by atoms with Crippen molar-refractivity contribution < 1.29 is 4.79 Å². The van der Waals surface area contributed by atoms with Gasteiger partial charge in [0.2, 0.25) is 0 Å². The monoisotopic (exact) mass is 365 g/mol. The van der Waals surface area contributed by atoms with Gasteiger partial charge in [-0.25, -0.2) is 4.68 Å². The van der Waals surface area contributed by atoms with E-state index in [4.69, 9.17) is 0 Å². The number of amides is 1. The molecule has 26 heavy (non-hydrogen) atoms. The largest absolute Gasteiger partial charge is 0.352 e. The van der Waals surface area contributed by atoms with Crippen LogP contribution in [0.1, 0.15) is 29.8 Å². The van der Waals surface area contributed by atoms with E-state index in [0.29, 0.717) is 11.8 Å². The summed E-state index contributed by atoms with van der Waals surface area (Å²) in [6.45, 7) is 4.84. The van der Waals surface area contributed by atoms with E-state index in [0.717, 1.165) is 28.1 Å². The van der Waals surface area contributed by atoms with E-state index in [2.05, 4.69) is 24.3 Å². The Morgan fingerprint density at radius 1 is 1.12 bits per heavy atom. The lowest BCUT2D eigenvalue weighted by Gasteiger charge is -2.11. The molecular weight excluding hydrogens is 342 g/mol.